The second-order valence-electron chi connectivity index (χ2n) is 6.50. The Morgan fingerprint density at radius 3 is 2.71 bits per heavy atom. The van der Waals surface area contributed by atoms with Crippen LogP contribution in [0, 0.1) is 12.7 Å². The maximum atomic E-state index is 13.4. The van der Waals surface area contributed by atoms with Crippen molar-refractivity contribution < 1.29 is 4.39 Å². The fourth-order valence-corrected chi connectivity index (χ4v) is 2.90. The van der Waals surface area contributed by atoms with Gasteiger partial charge >= 0.3 is 0 Å². The molecule has 0 atom stereocenters. The molecule has 1 fully saturated rings. The number of halogens is 1. The maximum absolute atomic E-state index is 13.4. The lowest BCUT2D eigenvalue weighted by Gasteiger charge is -2.27. The summed E-state index contributed by atoms with van der Waals surface area (Å²) < 4.78 is 13.4. The van der Waals surface area contributed by atoms with Crippen molar-refractivity contribution in [2.45, 2.75) is 6.92 Å². The van der Waals surface area contributed by atoms with E-state index >= 15 is 0 Å². The topological polar surface area (TPSA) is 94.7 Å². The molecule has 8 nitrogen and oxygen atoms in total. The second-order valence-corrected chi connectivity index (χ2v) is 6.50. The Bertz CT molecular complexity index is 978. The molecule has 0 spiro atoms. The lowest BCUT2D eigenvalue weighted by atomic mass is 10.2. The molecule has 0 aliphatic carbocycles. The van der Waals surface area contributed by atoms with Crippen LogP contribution in [-0.2, 0) is 0 Å². The third-order valence-electron chi connectivity index (χ3n) is 4.26. The summed E-state index contributed by atoms with van der Waals surface area (Å²) in [5, 5.41) is 13.5. The van der Waals surface area contributed by atoms with Crippen LogP contribution in [0.3, 0.4) is 0 Å². The summed E-state index contributed by atoms with van der Waals surface area (Å²) in [7, 11) is 0. The summed E-state index contributed by atoms with van der Waals surface area (Å²) in [6, 6.07) is 8.23. The van der Waals surface area contributed by atoms with Gasteiger partial charge in [-0.25, -0.2) is 4.39 Å². The van der Waals surface area contributed by atoms with E-state index in [1.807, 2.05) is 19.1 Å². The molecule has 1 aromatic carbocycles. The Morgan fingerprint density at radius 2 is 1.96 bits per heavy atom. The molecule has 3 N–H and O–H groups in total. The van der Waals surface area contributed by atoms with Gasteiger partial charge in [-0.1, -0.05) is 18.2 Å². The van der Waals surface area contributed by atoms with Gasteiger partial charge in [0.2, 0.25) is 11.9 Å². The molecule has 0 unspecified atom stereocenters. The zero-order valence-corrected chi connectivity index (χ0v) is 15.5. The number of benzene rings is 1. The Hall–Kier alpha value is -3.33. The van der Waals surface area contributed by atoms with E-state index < -0.39 is 0 Å². The van der Waals surface area contributed by atoms with Gasteiger partial charge in [-0.05, 0) is 30.7 Å². The molecule has 9 heteroatoms. The quantitative estimate of drug-likeness (QED) is 0.625. The van der Waals surface area contributed by atoms with E-state index in [1.54, 1.807) is 18.2 Å². The van der Waals surface area contributed by atoms with E-state index in [1.165, 1.54) is 12.1 Å². The van der Waals surface area contributed by atoms with Crippen molar-refractivity contribution in [1.82, 2.24) is 30.5 Å². The fourth-order valence-electron chi connectivity index (χ4n) is 2.90. The molecule has 1 aliphatic rings. The predicted molar refractivity (Wildman–Crippen MR) is 107 cm³/mol. The number of aryl methyl sites for hydroxylation is 1. The Kier molecular flexibility index (Phi) is 5.24. The van der Waals surface area contributed by atoms with Crippen LogP contribution in [0.4, 0.5) is 22.1 Å². The van der Waals surface area contributed by atoms with Crippen molar-refractivity contribution >= 4 is 29.9 Å². The molecule has 0 amide bonds. The molecule has 0 bridgehead atoms. The third kappa shape index (κ3) is 4.49. The molecule has 144 valence electrons. The first-order valence-corrected chi connectivity index (χ1v) is 9.10. The van der Waals surface area contributed by atoms with E-state index in [0.717, 1.165) is 37.4 Å². The first kappa shape index (κ1) is 18.1. The van der Waals surface area contributed by atoms with Gasteiger partial charge in [0.05, 0.1) is 0 Å². The number of H-pyrrole nitrogens is 1. The van der Waals surface area contributed by atoms with Gasteiger partial charge in [0.1, 0.15) is 5.82 Å². The van der Waals surface area contributed by atoms with E-state index in [2.05, 4.69) is 40.7 Å². The molecule has 3 aromatic rings. The van der Waals surface area contributed by atoms with Crippen LogP contribution in [0.5, 0.6) is 0 Å². The number of aromatic nitrogens is 5. The predicted octanol–water partition coefficient (Wildman–Crippen LogP) is 2.37. The van der Waals surface area contributed by atoms with Gasteiger partial charge in [-0.3, -0.25) is 5.10 Å². The van der Waals surface area contributed by atoms with Crippen molar-refractivity contribution in [2.24, 2.45) is 0 Å². The van der Waals surface area contributed by atoms with Crippen LogP contribution in [-0.4, -0.2) is 51.3 Å². The number of hydrogen-bond acceptors (Lipinski definition) is 7. The third-order valence-corrected chi connectivity index (χ3v) is 4.26. The highest BCUT2D eigenvalue weighted by Crippen LogP contribution is 2.17. The van der Waals surface area contributed by atoms with Crippen LogP contribution in [0.1, 0.15) is 17.1 Å². The average Bonchev–Trinajstić information content (AvgIpc) is 3.11. The highest BCUT2D eigenvalue weighted by Gasteiger charge is 2.16. The minimum Gasteiger partial charge on any atom is -0.338 e. The Labute approximate surface area is 161 Å². The van der Waals surface area contributed by atoms with Crippen molar-refractivity contribution in [3.63, 3.8) is 0 Å². The molecular weight excluding hydrogens is 359 g/mol. The highest BCUT2D eigenvalue weighted by atomic mass is 19.1. The van der Waals surface area contributed by atoms with Gasteiger partial charge in [-0.15, -0.1) is 0 Å². The van der Waals surface area contributed by atoms with E-state index in [4.69, 9.17) is 0 Å². The summed E-state index contributed by atoms with van der Waals surface area (Å²) in [6.07, 6.45) is 3.53. The number of nitrogens with one attached hydrogen (secondary N) is 3. The smallest absolute Gasteiger partial charge is 0.233 e. The van der Waals surface area contributed by atoms with Crippen molar-refractivity contribution in [3.8, 4) is 0 Å². The van der Waals surface area contributed by atoms with Crippen LogP contribution in [0.15, 0.2) is 30.3 Å². The summed E-state index contributed by atoms with van der Waals surface area (Å²) in [6.45, 7) is 5.31. The van der Waals surface area contributed by atoms with Gasteiger partial charge in [0, 0.05) is 37.9 Å². The molecule has 1 saturated heterocycles. The standard InChI is InChI=1S/C19H21FN8/c1-13-11-17(27-26-13)23-18-22-16(6-5-14-3-2-4-15(20)12-14)24-19(25-18)28-9-7-21-8-10-28/h2-6,11-12,21H,7-10H2,1H3,(H2,22,23,24,25,26,27)/b6-5+. The lowest BCUT2D eigenvalue weighted by Crippen LogP contribution is -2.44. The first-order chi connectivity index (χ1) is 13.7. The summed E-state index contributed by atoms with van der Waals surface area (Å²) in [5.74, 6) is 1.85. The number of anilines is 3. The van der Waals surface area contributed by atoms with Gasteiger partial charge < -0.3 is 15.5 Å². The number of hydrogen-bond donors (Lipinski definition) is 3. The minimum absolute atomic E-state index is 0.282. The number of nitrogens with zero attached hydrogens (tertiary/aromatic N) is 5. The zero-order valence-electron chi connectivity index (χ0n) is 15.5. The van der Waals surface area contributed by atoms with Gasteiger partial charge in [-0.2, -0.15) is 20.1 Å². The average molecular weight is 380 g/mol. The summed E-state index contributed by atoms with van der Waals surface area (Å²) >= 11 is 0. The van der Waals surface area contributed by atoms with Gasteiger partial charge in [0.15, 0.2) is 11.6 Å². The van der Waals surface area contributed by atoms with E-state index in [0.29, 0.717) is 23.5 Å². The van der Waals surface area contributed by atoms with Crippen LogP contribution in [0.25, 0.3) is 12.2 Å². The Balaban J connectivity index is 1.64. The number of rotatable bonds is 5. The monoisotopic (exact) mass is 380 g/mol. The summed E-state index contributed by atoms with van der Waals surface area (Å²) in [4.78, 5) is 15.7. The number of aromatic amines is 1. The molecule has 2 aromatic heterocycles. The molecule has 4 rings (SSSR count). The van der Waals surface area contributed by atoms with Crippen LogP contribution >= 0.6 is 0 Å². The van der Waals surface area contributed by atoms with Crippen LogP contribution in [0.2, 0.25) is 0 Å². The van der Waals surface area contributed by atoms with Crippen molar-refractivity contribution in [3.05, 3.63) is 53.2 Å². The maximum Gasteiger partial charge on any atom is 0.233 e. The molecular formula is C19H21FN8. The Morgan fingerprint density at radius 1 is 1.11 bits per heavy atom. The largest absolute Gasteiger partial charge is 0.338 e. The normalized spacial score (nSPS) is 14.6. The molecule has 1 aliphatic heterocycles. The van der Waals surface area contributed by atoms with Crippen molar-refractivity contribution in [1.29, 1.82) is 0 Å². The highest BCUT2D eigenvalue weighted by molar-refractivity contribution is 5.67. The first-order valence-electron chi connectivity index (χ1n) is 9.10. The van der Waals surface area contributed by atoms with Crippen molar-refractivity contribution in [2.75, 3.05) is 36.4 Å². The molecule has 0 radical (unpaired) electrons. The van der Waals surface area contributed by atoms with E-state index in [-0.39, 0.29) is 5.82 Å². The van der Waals surface area contributed by atoms with E-state index in [9.17, 15) is 4.39 Å². The fraction of sp³-hybridized carbons (Fsp3) is 0.263. The SMILES string of the molecule is Cc1cc(Nc2nc(/C=C/c3cccc(F)c3)nc(N3CCNCC3)n2)n[nH]1. The van der Waals surface area contributed by atoms with Gasteiger partial charge in [0.25, 0.3) is 0 Å². The number of piperazine rings is 1. The van der Waals surface area contributed by atoms with Crippen LogP contribution < -0.4 is 15.5 Å². The second kappa shape index (κ2) is 8.13. The minimum atomic E-state index is -0.282. The molecule has 3 heterocycles. The summed E-state index contributed by atoms with van der Waals surface area (Å²) in [5.41, 5.74) is 1.67. The molecule has 28 heavy (non-hydrogen) atoms. The lowest BCUT2D eigenvalue weighted by molar-refractivity contribution is 0.579. The zero-order chi connectivity index (χ0) is 19.3. The molecule has 0 saturated carbocycles.